The summed E-state index contributed by atoms with van der Waals surface area (Å²) in [4.78, 5) is 44.3. The Balaban J connectivity index is 1.69. The van der Waals surface area contributed by atoms with Crippen LogP contribution in [0.5, 0.6) is 0 Å². The molecule has 2 aromatic heterocycles. The van der Waals surface area contributed by atoms with Crippen molar-refractivity contribution in [3.63, 3.8) is 0 Å². The molecule has 0 amide bonds. The largest absolute Gasteiger partial charge is 0.368 e. The van der Waals surface area contributed by atoms with Gasteiger partial charge < -0.3 is 20.6 Å². The maximum atomic E-state index is 11.0. The third-order valence-electron chi connectivity index (χ3n) is 4.98. The molecule has 4 N–H and O–H groups in total. The van der Waals surface area contributed by atoms with Gasteiger partial charge in [-0.05, 0) is 20.3 Å². The second kappa shape index (κ2) is 17.3. The molecule has 37 heavy (non-hydrogen) atoms. The van der Waals surface area contributed by atoms with Crippen molar-refractivity contribution >= 4 is 35.2 Å². The number of nitro groups is 2. The molecule has 14 nitrogen and oxygen atoms in total. The van der Waals surface area contributed by atoms with Gasteiger partial charge in [-0.3, -0.25) is 30.2 Å². The minimum atomic E-state index is -0.422. The van der Waals surface area contributed by atoms with Gasteiger partial charge in [-0.2, -0.15) is 23.5 Å². The van der Waals surface area contributed by atoms with E-state index in [0.29, 0.717) is 44.3 Å². The molecule has 0 unspecified atom stereocenters. The summed E-state index contributed by atoms with van der Waals surface area (Å²) in [6.45, 7) is 4.95. The molecule has 0 radical (unpaired) electrons. The van der Waals surface area contributed by atoms with E-state index in [0.717, 1.165) is 45.8 Å². The normalized spacial score (nSPS) is 12.1. The van der Waals surface area contributed by atoms with E-state index < -0.39 is 9.85 Å². The summed E-state index contributed by atoms with van der Waals surface area (Å²) in [5.74, 6) is 3.67. The van der Waals surface area contributed by atoms with Gasteiger partial charge in [-0.25, -0.2) is 9.97 Å². The number of nitrogens with one attached hydrogen (secondary N) is 4. The van der Waals surface area contributed by atoms with E-state index in [4.69, 9.17) is 0 Å². The molecule has 204 valence electrons. The van der Waals surface area contributed by atoms with Crippen LogP contribution in [-0.2, 0) is 11.5 Å². The Morgan fingerprint density at radius 3 is 1.65 bits per heavy atom. The Bertz CT molecular complexity index is 960. The van der Waals surface area contributed by atoms with Crippen LogP contribution < -0.4 is 10.6 Å². The highest BCUT2D eigenvalue weighted by Crippen LogP contribution is 2.12. The maximum Gasteiger partial charge on any atom is 0.259 e. The van der Waals surface area contributed by atoms with Crippen LogP contribution in [0.15, 0.2) is 22.6 Å². The molecular formula is C21H34N10O4S2. The minimum Gasteiger partial charge on any atom is -0.368 e. The van der Waals surface area contributed by atoms with E-state index in [2.05, 4.69) is 40.6 Å². The lowest BCUT2D eigenvalue weighted by atomic mass is 10.4. The zero-order valence-corrected chi connectivity index (χ0v) is 22.7. The lowest BCUT2D eigenvalue weighted by Gasteiger charge is -2.08. The van der Waals surface area contributed by atoms with E-state index in [-0.39, 0.29) is 13.1 Å². The third kappa shape index (κ3) is 13.1. The van der Waals surface area contributed by atoms with Crippen molar-refractivity contribution in [2.75, 3.05) is 50.8 Å². The number of thioether (sulfide) groups is 2. The first-order chi connectivity index (χ1) is 17.8. The number of amidine groups is 2. The number of hydrogen-bond acceptors (Lipinski definition) is 10. The van der Waals surface area contributed by atoms with Crippen molar-refractivity contribution in [1.29, 1.82) is 0 Å². The van der Waals surface area contributed by atoms with Crippen LogP contribution in [-0.4, -0.2) is 92.2 Å². The first kappa shape index (κ1) is 30.1. The van der Waals surface area contributed by atoms with Crippen LogP contribution in [0.25, 0.3) is 0 Å². The van der Waals surface area contributed by atoms with E-state index >= 15 is 0 Å². The molecule has 2 aromatic rings. The summed E-state index contributed by atoms with van der Waals surface area (Å²) < 4.78 is 0. The van der Waals surface area contributed by atoms with Gasteiger partial charge in [0, 0.05) is 70.4 Å². The molecule has 0 aliphatic rings. The van der Waals surface area contributed by atoms with Gasteiger partial charge >= 0.3 is 0 Å². The molecule has 2 rings (SSSR count). The number of imidazole rings is 2. The first-order valence-electron chi connectivity index (χ1n) is 11.8. The molecule has 0 spiro atoms. The number of aromatic amines is 2. The monoisotopic (exact) mass is 554 g/mol. The Hall–Kier alpha value is -3.14. The highest BCUT2D eigenvalue weighted by molar-refractivity contribution is 7.98. The number of aryl methyl sites for hydroxylation is 2. The molecule has 0 aromatic carbocycles. The fourth-order valence-corrected chi connectivity index (χ4v) is 4.76. The molecule has 16 heteroatoms. The average molecular weight is 555 g/mol. The summed E-state index contributed by atoms with van der Waals surface area (Å²) in [5, 5.41) is 28.0. The van der Waals surface area contributed by atoms with Crippen molar-refractivity contribution in [2.45, 2.75) is 31.8 Å². The minimum absolute atomic E-state index is 0.318. The quantitative estimate of drug-likeness (QED) is 0.0694. The predicted octanol–water partition coefficient (Wildman–Crippen LogP) is 1.84. The highest BCUT2D eigenvalue weighted by atomic mass is 32.2. The molecule has 0 fully saturated rings. The van der Waals surface area contributed by atoms with Gasteiger partial charge in [-0.1, -0.05) is 0 Å². The van der Waals surface area contributed by atoms with Crippen LogP contribution in [0.3, 0.4) is 0 Å². The standard InChI is InChI=1S/C21H34N10O4S2/c1-16-18(28-14-26-16)12-36-8-6-24-20(10-30(32)33)22-4-3-5-23-21(11-31(34)35)25-7-9-37-13-19-17(2)27-15-29-19/h14-15H,3-13H2,1-2H3,(H,22,24)(H,23,25)(H,26,28)(H,27,29). The lowest BCUT2D eigenvalue weighted by molar-refractivity contribution is -0.463. The van der Waals surface area contributed by atoms with Gasteiger partial charge in [0.1, 0.15) is 0 Å². The number of hydrogen-bond donors (Lipinski definition) is 4. The van der Waals surface area contributed by atoms with Crippen molar-refractivity contribution in [3.05, 3.63) is 55.7 Å². The van der Waals surface area contributed by atoms with E-state index in [9.17, 15) is 20.2 Å². The fourth-order valence-electron chi connectivity index (χ4n) is 3.00. The van der Waals surface area contributed by atoms with Gasteiger partial charge in [0.2, 0.25) is 0 Å². The Kier molecular flexibility index (Phi) is 14.1. The highest BCUT2D eigenvalue weighted by Gasteiger charge is 2.09. The van der Waals surface area contributed by atoms with Crippen LogP contribution in [0, 0.1) is 34.1 Å². The second-order valence-electron chi connectivity index (χ2n) is 7.90. The fraction of sp³-hybridized carbons (Fsp3) is 0.619. The third-order valence-corrected chi connectivity index (χ3v) is 6.92. The topological polar surface area (TPSA) is 192 Å². The van der Waals surface area contributed by atoms with Crippen molar-refractivity contribution in [2.24, 2.45) is 9.98 Å². The molecule has 0 aliphatic carbocycles. The summed E-state index contributed by atoms with van der Waals surface area (Å²) in [6, 6.07) is 0. The zero-order valence-electron chi connectivity index (χ0n) is 21.1. The molecule has 2 heterocycles. The van der Waals surface area contributed by atoms with E-state index in [1.807, 2.05) is 13.8 Å². The number of nitrogens with zero attached hydrogens (tertiary/aromatic N) is 6. The van der Waals surface area contributed by atoms with Gasteiger partial charge in [0.25, 0.3) is 13.1 Å². The summed E-state index contributed by atoms with van der Waals surface area (Å²) in [7, 11) is 0. The van der Waals surface area contributed by atoms with Crippen molar-refractivity contribution in [1.82, 2.24) is 30.6 Å². The van der Waals surface area contributed by atoms with Gasteiger partial charge in [0.15, 0.2) is 11.7 Å². The molecule has 0 aliphatic heterocycles. The average Bonchev–Trinajstić information content (AvgIpc) is 3.44. The first-order valence-corrected chi connectivity index (χ1v) is 14.1. The zero-order chi connectivity index (χ0) is 26.9. The van der Waals surface area contributed by atoms with E-state index in [1.165, 1.54) is 0 Å². The summed E-state index contributed by atoms with van der Waals surface area (Å²) >= 11 is 3.36. The van der Waals surface area contributed by atoms with Crippen LogP contribution in [0.1, 0.15) is 29.2 Å². The van der Waals surface area contributed by atoms with Gasteiger partial charge in [0.05, 0.1) is 24.0 Å². The van der Waals surface area contributed by atoms with Crippen LogP contribution >= 0.6 is 23.5 Å². The number of H-pyrrole nitrogens is 2. The Labute approximate surface area is 223 Å². The predicted molar refractivity (Wildman–Crippen MR) is 148 cm³/mol. The number of rotatable bonds is 18. The second-order valence-corrected chi connectivity index (χ2v) is 10.1. The Morgan fingerprint density at radius 2 is 1.30 bits per heavy atom. The smallest absolute Gasteiger partial charge is 0.259 e. The van der Waals surface area contributed by atoms with E-state index in [1.54, 1.807) is 36.2 Å². The summed E-state index contributed by atoms with van der Waals surface area (Å²) in [6.07, 6.45) is 3.84. The molecule has 0 saturated carbocycles. The Morgan fingerprint density at radius 1 is 0.865 bits per heavy atom. The van der Waals surface area contributed by atoms with Crippen molar-refractivity contribution in [3.8, 4) is 0 Å². The van der Waals surface area contributed by atoms with Crippen molar-refractivity contribution < 1.29 is 9.85 Å². The van der Waals surface area contributed by atoms with Crippen LogP contribution in [0.4, 0.5) is 0 Å². The number of aromatic nitrogens is 4. The van der Waals surface area contributed by atoms with Gasteiger partial charge in [-0.15, -0.1) is 0 Å². The maximum absolute atomic E-state index is 11.0. The molecule has 0 atom stereocenters. The molecule has 0 bridgehead atoms. The summed E-state index contributed by atoms with van der Waals surface area (Å²) in [5.41, 5.74) is 4.07. The number of aliphatic imine (C=N–C) groups is 2. The molecule has 0 saturated heterocycles. The lowest BCUT2D eigenvalue weighted by Crippen LogP contribution is -2.32. The van der Waals surface area contributed by atoms with Crippen LogP contribution in [0.2, 0.25) is 0 Å². The molecular weight excluding hydrogens is 520 g/mol. The SMILES string of the molecule is Cc1[nH]cnc1CSCCNC(C[N+](=O)[O-])=NCCCN=C(C[N+](=O)[O-])NCCSCc1nc[nH]c1C.